The number of carbonyl (C=O) groups excluding carboxylic acids is 2. The van der Waals surface area contributed by atoms with E-state index >= 15 is 0 Å². The fraction of sp³-hybridized carbons (Fsp3) is 0.556. The van der Waals surface area contributed by atoms with Crippen molar-refractivity contribution in [2.24, 2.45) is 0 Å². The van der Waals surface area contributed by atoms with Crippen molar-refractivity contribution in [3.63, 3.8) is 0 Å². The highest BCUT2D eigenvalue weighted by atomic mass is 16.7. The van der Waals surface area contributed by atoms with E-state index in [-0.39, 0.29) is 32.2 Å². The van der Waals surface area contributed by atoms with Gasteiger partial charge in [0.05, 0.1) is 37.7 Å². The van der Waals surface area contributed by atoms with Crippen molar-refractivity contribution < 1.29 is 48.2 Å². The lowest BCUT2D eigenvalue weighted by Gasteiger charge is -2.39. The smallest absolute Gasteiger partial charge is 0.339 e. The number of benzene rings is 2. The number of carbonyl (C=O) groups is 2. The Bertz CT molecular complexity index is 1530. The predicted molar refractivity (Wildman–Crippen MR) is 170 cm³/mol. The molecule has 47 heavy (non-hydrogen) atoms. The molecular formula is C36H45NO10. The number of esters is 2. The number of rotatable bonds is 12. The lowest BCUT2D eigenvalue weighted by molar-refractivity contribution is -0.179. The maximum atomic E-state index is 14.2. The van der Waals surface area contributed by atoms with Gasteiger partial charge >= 0.3 is 11.9 Å². The number of hydrogen-bond donors (Lipinski definition) is 2. The number of hydrogen-bond acceptors (Lipinski definition) is 11. The van der Waals surface area contributed by atoms with E-state index in [1.807, 2.05) is 18.2 Å². The molecule has 2 N–H and O–H groups in total. The maximum absolute atomic E-state index is 14.2. The van der Waals surface area contributed by atoms with Gasteiger partial charge in [0.25, 0.3) is 0 Å². The Kier molecular flexibility index (Phi) is 9.17. The highest BCUT2D eigenvalue weighted by molar-refractivity contribution is 5.86. The Hall–Kier alpha value is -3.80. The zero-order chi connectivity index (χ0) is 33.4. The van der Waals surface area contributed by atoms with Crippen LogP contribution < -0.4 is 14.2 Å². The summed E-state index contributed by atoms with van der Waals surface area (Å²) in [5.41, 5.74) is -0.975. The van der Waals surface area contributed by atoms with Gasteiger partial charge in [0, 0.05) is 12.1 Å². The van der Waals surface area contributed by atoms with E-state index in [0.29, 0.717) is 35.0 Å². The molecule has 4 atom stereocenters. The van der Waals surface area contributed by atoms with Crippen LogP contribution in [0.15, 0.2) is 48.2 Å². The van der Waals surface area contributed by atoms with Gasteiger partial charge in [-0.15, -0.1) is 0 Å². The fourth-order valence-electron chi connectivity index (χ4n) is 7.67. The second-order valence-electron chi connectivity index (χ2n) is 13.6. The largest absolute Gasteiger partial charge is 0.497 e. The minimum absolute atomic E-state index is 0.0931. The number of ether oxygens (including phenoxy) is 6. The monoisotopic (exact) mass is 651 g/mol. The van der Waals surface area contributed by atoms with Crippen LogP contribution in [0, 0.1) is 0 Å². The van der Waals surface area contributed by atoms with Gasteiger partial charge in [-0.05, 0) is 94.3 Å². The van der Waals surface area contributed by atoms with Gasteiger partial charge in [-0.2, -0.15) is 0 Å². The summed E-state index contributed by atoms with van der Waals surface area (Å²) in [6.45, 7) is 5.07. The van der Waals surface area contributed by atoms with E-state index in [1.54, 1.807) is 39.2 Å². The molecule has 254 valence electrons. The zero-order valence-electron chi connectivity index (χ0n) is 27.6. The molecule has 11 nitrogen and oxygen atoms in total. The highest BCUT2D eigenvalue weighted by Gasteiger charge is 2.59. The van der Waals surface area contributed by atoms with Crippen molar-refractivity contribution >= 4 is 11.9 Å². The third kappa shape index (κ3) is 6.53. The van der Waals surface area contributed by atoms with Crippen LogP contribution in [0.5, 0.6) is 17.2 Å². The van der Waals surface area contributed by atoms with Crippen LogP contribution in [0.25, 0.3) is 0 Å². The molecule has 0 radical (unpaired) electrons. The first-order valence-electron chi connectivity index (χ1n) is 16.3. The number of fused-ring (bicyclic) bond motifs is 3. The van der Waals surface area contributed by atoms with Crippen LogP contribution in [0.4, 0.5) is 0 Å². The summed E-state index contributed by atoms with van der Waals surface area (Å²) in [6.07, 6.45) is 3.65. The molecule has 3 aliphatic heterocycles. The van der Waals surface area contributed by atoms with Crippen LogP contribution >= 0.6 is 0 Å². The van der Waals surface area contributed by atoms with Crippen LogP contribution in [-0.4, -0.2) is 84.0 Å². The van der Waals surface area contributed by atoms with Crippen molar-refractivity contribution in [3.05, 3.63) is 64.9 Å². The summed E-state index contributed by atoms with van der Waals surface area (Å²) in [4.78, 5) is 29.8. The highest BCUT2D eigenvalue weighted by Crippen LogP contribution is 2.55. The minimum atomic E-state index is -2.21. The van der Waals surface area contributed by atoms with E-state index in [0.717, 1.165) is 43.5 Å². The summed E-state index contributed by atoms with van der Waals surface area (Å²) in [5, 5.41) is 22.3. The Morgan fingerprint density at radius 1 is 1.04 bits per heavy atom. The predicted octanol–water partition coefficient (Wildman–Crippen LogP) is 4.16. The van der Waals surface area contributed by atoms with Crippen molar-refractivity contribution in [3.8, 4) is 17.2 Å². The molecule has 1 aliphatic carbocycles. The lowest BCUT2D eigenvalue weighted by Crippen LogP contribution is -2.49. The quantitative estimate of drug-likeness (QED) is 0.321. The Morgan fingerprint density at radius 2 is 1.81 bits per heavy atom. The lowest BCUT2D eigenvalue weighted by atomic mass is 9.77. The maximum Gasteiger partial charge on any atom is 0.339 e. The molecule has 2 unspecified atom stereocenters. The first-order valence-corrected chi connectivity index (χ1v) is 16.3. The van der Waals surface area contributed by atoms with Gasteiger partial charge < -0.3 is 38.6 Å². The third-order valence-corrected chi connectivity index (χ3v) is 9.98. The molecule has 0 saturated carbocycles. The van der Waals surface area contributed by atoms with Gasteiger partial charge in [-0.25, -0.2) is 4.79 Å². The molecule has 1 spiro atoms. The normalized spacial score (nSPS) is 24.3. The molecule has 2 aromatic rings. The molecule has 0 aromatic heterocycles. The van der Waals surface area contributed by atoms with Gasteiger partial charge in [-0.3, -0.25) is 9.69 Å². The standard InChI is InChI=1S/C36H45NO10/c1-34(2,40)12-7-14-36(41,20-30(38)44-21-24-9-5-6-10-26(24)42-3)33(39)47-32-29(43-4)19-35-13-8-15-37(35)16-11-23-17-27-28(46-22-45-27)18-25(23)31(32)35/h5-6,9-10,17-19,31-32,40-41H,7-8,11-16,20-22H2,1-4H3/t31-,32?,35+,36?/m1/s1. The Labute approximate surface area is 275 Å². The second kappa shape index (κ2) is 13.0. The van der Waals surface area contributed by atoms with E-state index in [1.165, 1.54) is 7.11 Å². The van der Waals surface area contributed by atoms with Gasteiger partial charge in [0.15, 0.2) is 23.2 Å². The second-order valence-corrected chi connectivity index (χ2v) is 13.6. The van der Waals surface area contributed by atoms with Crippen molar-refractivity contribution in [1.82, 2.24) is 4.90 Å². The molecular weight excluding hydrogens is 606 g/mol. The van der Waals surface area contributed by atoms with E-state index in [2.05, 4.69) is 11.0 Å². The number of methoxy groups -OCH3 is 2. The van der Waals surface area contributed by atoms with Crippen LogP contribution in [-0.2, 0) is 36.8 Å². The van der Waals surface area contributed by atoms with Gasteiger partial charge in [0.1, 0.15) is 18.1 Å². The first-order chi connectivity index (χ1) is 22.5. The van der Waals surface area contributed by atoms with E-state index < -0.39 is 41.2 Å². The summed E-state index contributed by atoms with van der Waals surface area (Å²) in [6, 6.07) is 11.1. The molecule has 0 amide bonds. The van der Waals surface area contributed by atoms with E-state index in [9.17, 15) is 19.8 Å². The van der Waals surface area contributed by atoms with Gasteiger partial charge in [0.2, 0.25) is 6.79 Å². The van der Waals surface area contributed by atoms with Crippen molar-refractivity contribution in [2.75, 3.05) is 34.1 Å². The molecule has 11 heteroatoms. The fourth-order valence-corrected chi connectivity index (χ4v) is 7.67. The zero-order valence-corrected chi connectivity index (χ0v) is 27.6. The number of para-hydroxylation sites is 1. The molecule has 2 aromatic carbocycles. The average Bonchev–Trinajstić information content (AvgIpc) is 3.73. The van der Waals surface area contributed by atoms with Crippen molar-refractivity contribution in [1.29, 1.82) is 0 Å². The minimum Gasteiger partial charge on any atom is -0.497 e. The molecule has 0 bridgehead atoms. The average molecular weight is 652 g/mol. The Balaban J connectivity index is 1.28. The summed E-state index contributed by atoms with van der Waals surface area (Å²) in [5.74, 6) is 0.345. The number of nitrogens with zero attached hydrogens (tertiary/aromatic N) is 1. The topological polar surface area (TPSA) is 133 Å². The molecule has 1 saturated heterocycles. The SMILES string of the molecule is COC1=C[C@]23CCCN2CCc2cc4c(cc2[C@@H]3C1OC(=O)C(O)(CCCC(C)(C)O)CC(=O)OCc1ccccc1OC)OCO4. The van der Waals surface area contributed by atoms with E-state index in [4.69, 9.17) is 28.4 Å². The van der Waals surface area contributed by atoms with Gasteiger partial charge in [-0.1, -0.05) is 18.2 Å². The van der Waals surface area contributed by atoms with Crippen LogP contribution in [0.3, 0.4) is 0 Å². The molecule has 4 aliphatic rings. The number of aliphatic hydroxyl groups is 2. The van der Waals surface area contributed by atoms with Crippen LogP contribution in [0.2, 0.25) is 0 Å². The summed E-state index contributed by atoms with van der Waals surface area (Å²) >= 11 is 0. The van der Waals surface area contributed by atoms with Crippen molar-refractivity contribution in [2.45, 2.75) is 94.2 Å². The molecule has 6 rings (SSSR count). The van der Waals surface area contributed by atoms with Crippen LogP contribution in [0.1, 0.15) is 75.0 Å². The summed E-state index contributed by atoms with van der Waals surface area (Å²) in [7, 11) is 3.08. The summed E-state index contributed by atoms with van der Waals surface area (Å²) < 4.78 is 34.5. The molecule has 1 fully saturated rings. The third-order valence-electron chi connectivity index (χ3n) is 9.98. The molecule has 3 heterocycles. The first kappa shape index (κ1) is 33.1. The Morgan fingerprint density at radius 3 is 2.55 bits per heavy atom.